The molecule has 2 heterocycles. The molecule has 3 rings (SSSR count). The number of benzene rings is 1. The number of ether oxygens (including phenoxy) is 1. The van der Waals surface area contributed by atoms with Crippen molar-refractivity contribution in [2.45, 2.75) is 10.8 Å². The number of rotatable bonds is 4. The number of hydrogen-bond donors (Lipinski definition) is 0. The van der Waals surface area contributed by atoms with Gasteiger partial charge in [-0.1, -0.05) is 6.07 Å². The molecule has 0 fully saturated rings. The minimum Gasteiger partial charge on any atom is -0.494 e. The first kappa shape index (κ1) is 13.8. The molecule has 7 heteroatoms. The van der Waals surface area contributed by atoms with E-state index in [4.69, 9.17) is 4.74 Å². The van der Waals surface area contributed by atoms with Crippen molar-refractivity contribution in [2.75, 3.05) is 7.11 Å². The van der Waals surface area contributed by atoms with Crippen LogP contribution in [0.15, 0.2) is 35.7 Å². The highest BCUT2D eigenvalue weighted by atomic mass is 32.2. The standard InChI is InChI=1S/C14H13FN4OS/c1-19-13-10(6-18-19)14(17-8-16-13)21-7-9-3-4-12(20-2)11(15)5-9/h3-6,8H,7H2,1-2H3. The SMILES string of the molecule is COc1ccc(CSc2ncnc3c2cnn3C)cc1F. The number of aromatic nitrogens is 4. The number of thioether (sulfide) groups is 1. The van der Waals surface area contributed by atoms with Crippen LogP contribution in [0.3, 0.4) is 0 Å². The molecular weight excluding hydrogens is 291 g/mol. The number of fused-ring (bicyclic) bond motifs is 1. The molecular formula is C14H13FN4OS. The summed E-state index contributed by atoms with van der Waals surface area (Å²) in [7, 11) is 3.29. The molecule has 0 atom stereocenters. The lowest BCUT2D eigenvalue weighted by Gasteiger charge is -2.05. The van der Waals surface area contributed by atoms with Gasteiger partial charge in [-0.05, 0) is 17.7 Å². The lowest BCUT2D eigenvalue weighted by molar-refractivity contribution is 0.386. The zero-order valence-electron chi connectivity index (χ0n) is 11.6. The van der Waals surface area contributed by atoms with E-state index < -0.39 is 0 Å². The van der Waals surface area contributed by atoms with E-state index in [1.807, 2.05) is 13.1 Å². The predicted octanol–water partition coefficient (Wildman–Crippen LogP) is 2.80. The van der Waals surface area contributed by atoms with Crippen LogP contribution in [-0.2, 0) is 12.8 Å². The molecule has 21 heavy (non-hydrogen) atoms. The first-order valence-electron chi connectivity index (χ1n) is 6.27. The summed E-state index contributed by atoms with van der Waals surface area (Å²) in [4.78, 5) is 8.46. The van der Waals surface area contributed by atoms with Gasteiger partial charge in [-0.3, -0.25) is 4.68 Å². The molecule has 0 radical (unpaired) electrons. The van der Waals surface area contributed by atoms with Gasteiger partial charge in [-0.2, -0.15) is 5.10 Å². The van der Waals surface area contributed by atoms with Crippen molar-refractivity contribution in [3.63, 3.8) is 0 Å². The van der Waals surface area contributed by atoms with Crippen LogP contribution in [0, 0.1) is 5.82 Å². The van der Waals surface area contributed by atoms with Gasteiger partial charge in [0.15, 0.2) is 17.2 Å². The van der Waals surface area contributed by atoms with E-state index in [2.05, 4.69) is 15.1 Å². The molecule has 0 saturated carbocycles. The molecule has 0 bridgehead atoms. The van der Waals surface area contributed by atoms with Crippen molar-refractivity contribution in [1.29, 1.82) is 0 Å². The van der Waals surface area contributed by atoms with Gasteiger partial charge in [0.2, 0.25) is 0 Å². The van der Waals surface area contributed by atoms with Crippen molar-refractivity contribution in [3.05, 3.63) is 42.1 Å². The van der Waals surface area contributed by atoms with Crippen LogP contribution in [0.5, 0.6) is 5.75 Å². The van der Waals surface area contributed by atoms with E-state index in [0.717, 1.165) is 21.6 Å². The van der Waals surface area contributed by atoms with Crippen LogP contribution in [0.4, 0.5) is 4.39 Å². The molecule has 0 amide bonds. The molecule has 5 nitrogen and oxygen atoms in total. The third kappa shape index (κ3) is 2.69. The zero-order chi connectivity index (χ0) is 14.8. The molecule has 2 aromatic heterocycles. The second kappa shape index (κ2) is 5.69. The summed E-state index contributed by atoms with van der Waals surface area (Å²) in [5.41, 5.74) is 1.65. The topological polar surface area (TPSA) is 52.8 Å². The second-order valence-electron chi connectivity index (χ2n) is 4.44. The Hall–Kier alpha value is -2.15. The van der Waals surface area contributed by atoms with Gasteiger partial charge < -0.3 is 4.74 Å². The van der Waals surface area contributed by atoms with Crippen LogP contribution >= 0.6 is 11.8 Å². The number of halogens is 1. The Labute approximate surface area is 125 Å². The largest absolute Gasteiger partial charge is 0.494 e. The second-order valence-corrected chi connectivity index (χ2v) is 5.41. The van der Waals surface area contributed by atoms with E-state index in [0.29, 0.717) is 5.75 Å². The Bertz CT molecular complexity index is 790. The number of nitrogens with zero attached hydrogens (tertiary/aromatic N) is 4. The summed E-state index contributed by atoms with van der Waals surface area (Å²) in [6, 6.07) is 4.95. The monoisotopic (exact) mass is 304 g/mol. The lowest BCUT2D eigenvalue weighted by atomic mass is 10.2. The van der Waals surface area contributed by atoms with Crippen LogP contribution in [-0.4, -0.2) is 26.9 Å². The minimum absolute atomic E-state index is 0.250. The van der Waals surface area contributed by atoms with Gasteiger partial charge in [0.1, 0.15) is 11.4 Å². The summed E-state index contributed by atoms with van der Waals surface area (Å²) in [6.07, 6.45) is 3.26. The fourth-order valence-electron chi connectivity index (χ4n) is 2.01. The van der Waals surface area contributed by atoms with E-state index in [1.165, 1.54) is 31.3 Å². The average Bonchev–Trinajstić information content (AvgIpc) is 2.87. The van der Waals surface area contributed by atoms with E-state index >= 15 is 0 Å². The highest BCUT2D eigenvalue weighted by molar-refractivity contribution is 7.98. The molecule has 108 valence electrons. The van der Waals surface area contributed by atoms with E-state index in [9.17, 15) is 4.39 Å². The van der Waals surface area contributed by atoms with Crippen LogP contribution in [0.2, 0.25) is 0 Å². The van der Waals surface area contributed by atoms with Crippen LogP contribution in [0.1, 0.15) is 5.56 Å². The fraction of sp³-hybridized carbons (Fsp3) is 0.214. The Morgan fingerprint density at radius 1 is 1.33 bits per heavy atom. The summed E-state index contributed by atoms with van der Waals surface area (Å²) in [6.45, 7) is 0. The summed E-state index contributed by atoms with van der Waals surface area (Å²) in [5.74, 6) is 0.507. The third-order valence-corrected chi connectivity index (χ3v) is 4.16. The highest BCUT2D eigenvalue weighted by Gasteiger charge is 2.09. The maximum Gasteiger partial charge on any atom is 0.165 e. The number of hydrogen-bond acceptors (Lipinski definition) is 5. The fourth-order valence-corrected chi connectivity index (χ4v) is 2.91. The first-order valence-corrected chi connectivity index (χ1v) is 7.25. The smallest absolute Gasteiger partial charge is 0.165 e. The molecule has 0 aliphatic heterocycles. The normalized spacial score (nSPS) is 11.0. The highest BCUT2D eigenvalue weighted by Crippen LogP contribution is 2.28. The minimum atomic E-state index is -0.357. The maximum absolute atomic E-state index is 13.7. The third-order valence-electron chi connectivity index (χ3n) is 3.08. The van der Waals surface area contributed by atoms with Gasteiger partial charge in [0.05, 0.1) is 18.7 Å². The van der Waals surface area contributed by atoms with E-state index in [1.54, 1.807) is 16.9 Å². The Morgan fingerprint density at radius 2 is 2.19 bits per heavy atom. The van der Waals surface area contributed by atoms with Gasteiger partial charge in [0, 0.05) is 12.8 Å². The quantitative estimate of drug-likeness (QED) is 0.548. The van der Waals surface area contributed by atoms with Crippen molar-refractivity contribution < 1.29 is 9.13 Å². The van der Waals surface area contributed by atoms with E-state index in [-0.39, 0.29) is 11.6 Å². The zero-order valence-corrected chi connectivity index (χ0v) is 12.4. The van der Waals surface area contributed by atoms with Crippen molar-refractivity contribution in [3.8, 4) is 5.75 Å². The summed E-state index contributed by atoms with van der Waals surface area (Å²) in [5, 5.41) is 5.91. The lowest BCUT2D eigenvalue weighted by Crippen LogP contribution is -1.93. The Kier molecular flexibility index (Phi) is 3.74. The van der Waals surface area contributed by atoms with Gasteiger partial charge in [-0.15, -0.1) is 11.8 Å². The molecule has 0 saturated heterocycles. The summed E-state index contributed by atoms with van der Waals surface area (Å²) < 4.78 is 20.3. The van der Waals surface area contributed by atoms with Gasteiger partial charge in [-0.25, -0.2) is 14.4 Å². The van der Waals surface area contributed by atoms with Crippen molar-refractivity contribution >= 4 is 22.8 Å². The Morgan fingerprint density at radius 3 is 2.95 bits per heavy atom. The average molecular weight is 304 g/mol. The molecule has 0 N–H and O–H groups in total. The van der Waals surface area contributed by atoms with Crippen molar-refractivity contribution in [2.24, 2.45) is 7.05 Å². The molecule has 3 aromatic rings. The molecule has 0 aliphatic rings. The molecule has 1 aromatic carbocycles. The molecule has 0 spiro atoms. The predicted molar refractivity (Wildman–Crippen MR) is 78.8 cm³/mol. The Balaban J connectivity index is 1.82. The van der Waals surface area contributed by atoms with Gasteiger partial charge >= 0.3 is 0 Å². The number of methoxy groups -OCH3 is 1. The molecule has 0 aliphatic carbocycles. The summed E-state index contributed by atoms with van der Waals surface area (Å²) >= 11 is 1.53. The maximum atomic E-state index is 13.7. The number of aryl methyl sites for hydroxylation is 1. The first-order chi connectivity index (χ1) is 10.2. The van der Waals surface area contributed by atoms with Crippen LogP contribution < -0.4 is 4.74 Å². The van der Waals surface area contributed by atoms with Crippen LogP contribution in [0.25, 0.3) is 11.0 Å². The molecule has 0 unspecified atom stereocenters. The van der Waals surface area contributed by atoms with Crippen molar-refractivity contribution in [1.82, 2.24) is 19.7 Å². The van der Waals surface area contributed by atoms with Gasteiger partial charge in [0.25, 0.3) is 0 Å².